The second-order valence-electron chi connectivity index (χ2n) is 7.68. The molecule has 1 saturated heterocycles. The molecule has 0 radical (unpaired) electrons. The molecule has 2 aromatic carbocycles. The lowest BCUT2D eigenvalue weighted by molar-refractivity contribution is -0.277. The first-order valence-electron chi connectivity index (χ1n) is 10.0. The molecule has 0 aliphatic carbocycles. The van der Waals surface area contributed by atoms with Crippen LogP contribution in [-0.2, 0) is 15.7 Å². The SMILES string of the molecule is CN(CC(Oc1ccc(C(F)(F)F)cc1)c1ccccc1)C(=O)C1O[C@H](O)[C@H](O)[C@H](O)[C@H]1O. The van der Waals surface area contributed by atoms with Crippen LogP contribution in [0.5, 0.6) is 5.75 Å². The summed E-state index contributed by atoms with van der Waals surface area (Å²) in [5, 5.41) is 39.2. The van der Waals surface area contributed by atoms with Crippen LogP contribution in [0, 0.1) is 0 Å². The van der Waals surface area contributed by atoms with Crippen molar-refractivity contribution in [3.05, 3.63) is 65.7 Å². The summed E-state index contributed by atoms with van der Waals surface area (Å²) in [6.45, 7) is -0.106. The normalized spacial score (nSPS) is 26.5. The predicted molar refractivity (Wildman–Crippen MR) is 108 cm³/mol. The van der Waals surface area contributed by atoms with Crippen molar-refractivity contribution in [1.82, 2.24) is 4.90 Å². The average molecular weight is 471 g/mol. The average Bonchev–Trinajstić information content (AvgIpc) is 2.79. The van der Waals surface area contributed by atoms with Gasteiger partial charge in [-0.25, -0.2) is 0 Å². The van der Waals surface area contributed by atoms with E-state index in [1.54, 1.807) is 30.3 Å². The van der Waals surface area contributed by atoms with Crippen LogP contribution in [-0.4, -0.2) is 75.5 Å². The molecule has 1 fully saturated rings. The topological polar surface area (TPSA) is 120 Å². The van der Waals surface area contributed by atoms with Gasteiger partial charge in [0, 0.05) is 7.05 Å². The van der Waals surface area contributed by atoms with E-state index in [1.807, 2.05) is 0 Å². The molecule has 180 valence electrons. The van der Waals surface area contributed by atoms with Gasteiger partial charge in [-0.15, -0.1) is 0 Å². The standard InChI is InChI=1S/C22H24F3NO7/c1-26(20(30)19-17(28)16(27)18(29)21(31)33-19)11-15(12-5-3-2-4-6-12)32-14-9-7-13(8-10-14)22(23,24)25/h2-10,15-19,21,27-29,31H,11H2,1H3/t15?,16-,17-,18-,19?,21+/m1/s1. The van der Waals surface area contributed by atoms with E-state index in [0.717, 1.165) is 17.0 Å². The minimum atomic E-state index is -4.49. The predicted octanol–water partition coefficient (Wildman–Crippen LogP) is 1.08. The van der Waals surface area contributed by atoms with E-state index in [-0.39, 0.29) is 12.3 Å². The summed E-state index contributed by atoms with van der Waals surface area (Å²) in [5.74, 6) is -0.662. The lowest BCUT2D eigenvalue weighted by atomic mass is 9.98. The molecule has 1 amide bonds. The van der Waals surface area contributed by atoms with Crippen molar-refractivity contribution in [1.29, 1.82) is 0 Å². The molecule has 1 aliphatic rings. The van der Waals surface area contributed by atoms with Crippen LogP contribution in [0.25, 0.3) is 0 Å². The van der Waals surface area contributed by atoms with Crippen LogP contribution in [0.15, 0.2) is 54.6 Å². The van der Waals surface area contributed by atoms with Crippen molar-refractivity contribution in [2.24, 2.45) is 0 Å². The highest BCUT2D eigenvalue weighted by Crippen LogP contribution is 2.31. The highest BCUT2D eigenvalue weighted by atomic mass is 19.4. The van der Waals surface area contributed by atoms with Crippen molar-refractivity contribution < 1.29 is 47.9 Å². The van der Waals surface area contributed by atoms with Gasteiger partial charge in [0.1, 0.15) is 30.2 Å². The monoisotopic (exact) mass is 471 g/mol. The highest BCUT2D eigenvalue weighted by molar-refractivity contribution is 5.81. The van der Waals surface area contributed by atoms with Crippen LogP contribution in [0.2, 0.25) is 0 Å². The summed E-state index contributed by atoms with van der Waals surface area (Å²) in [7, 11) is 1.37. The van der Waals surface area contributed by atoms with E-state index >= 15 is 0 Å². The molecule has 0 saturated carbocycles. The third-order valence-electron chi connectivity index (χ3n) is 5.28. The van der Waals surface area contributed by atoms with Crippen molar-refractivity contribution in [3.63, 3.8) is 0 Å². The maximum Gasteiger partial charge on any atom is 0.416 e. The lowest BCUT2D eigenvalue weighted by Gasteiger charge is -2.39. The number of nitrogens with zero attached hydrogens (tertiary/aromatic N) is 1. The van der Waals surface area contributed by atoms with Gasteiger partial charge in [-0.1, -0.05) is 30.3 Å². The number of amides is 1. The van der Waals surface area contributed by atoms with Crippen LogP contribution in [0.3, 0.4) is 0 Å². The summed E-state index contributed by atoms with van der Waals surface area (Å²) in [6.07, 6.45) is -14.2. The van der Waals surface area contributed by atoms with Crippen molar-refractivity contribution >= 4 is 5.91 Å². The molecule has 33 heavy (non-hydrogen) atoms. The molecule has 11 heteroatoms. The van der Waals surface area contributed by atoms with Crippen LogP contribution < -0.4 is 4.74 Å². The molecule has 0 bridgehead atoms. The fourth-order valence-electron chi connectivity index (χ4n) is 3.39. The molecule has 2 aromatic rings. The zero-order valence-electron chi connectivity index (χ0n) is 17.5. The Hall–Kier alpha value is -2.70. The number of halogens is 3. The van der Waals surface area contributed by atoms with Gasteiger partial charge in [0.2, 0.25) is 0 Å². The summed E-state index contributed by atoms with van der Waals surface area (Å²) in [4.78, 5) is 14.0. The maximum atomic E-state index is 12.8. The number of carbonyl (C=O) groups is 1. The number of hydrogen-bond donors (Lipinski definition) is 4. The largest absolute Gasteiger partial charge is 0.484 e. The van der Waals surface area contributed by atoms with Crippen LogP contribution >= 0.6 is 0 Å². The van der Waals surface area contributed by atoms with Crippen LogP contribution in [0.4, 0.5) is 13.2 Å². The molecule has 1 aliphatic heterocycles. The van der Waals surface area contributed by atoms with Gasteiger partial charge in [0.25, 0.3) is 5.91 Å². The van der Waals surface area contributed by atoms with Gasteiger partial charge in [-0.3, -0.25) is 4.79 Å². The number of likely N-dealkylation sites (N-methyl/N-ethyl adjacent to an activating group) is 1. The van der Waals surface area contributed by atoms with E-state index in [0.29, 0.717) is 5.56 Å². The van der Waals surface area contributed by atoms with Crippen LogP contribution in [0.1, 0.15) is 17.2 Å². The number of ether oxygens (including phenoxy) is 2. The Morgan fingerprint density at radius 1 is 1.00 bits per heavy atom. The second-order valence-corrected chi connectivity index (χ2v) is 7.68. The lowest BCUT2D eigenvalue weighted by Crippen LogP contribution is -2.61. The minimum absolute atomic E-state index is 0.106. The first kappa shape index (κ1) is 24.9. The van der Waals surface area contributed by atoms with Gasteiger partial charge in [-0.05, 0) is 29.8 Å². The fourth-order valence-corrected chi connectivity index (χ4v) is 3.39. The van der Waals surface area contributed by atoms with Crippen molar-refractivity contribution in [3.8, 4) is 5.75 Å². The summed E-state index contributed by atoms with van der Waals surface area (Å²) < 4.78 is 49.3. The first-order chi connectivity index (χ1) is 15.5. The fraction of sp³-hybridized carbons (Fsp3) is 0.409. The number of carbonyl (C=O) groups excluding carboxylic acids is 1. The van der Waals surface area contributed by atoms with Gasteiger partial charge < -0.3 is 34.8 Å². The molecular weight excluding hydrogens is 447 g/mol. The Balaban J connectivity index is 1.77. The van der Waals surface area contributed by atoms with Crippen molar-refractivity contribution in [2.75, 3.05) is 13.6 Å². The maximum absolute atomic E-state index is 12.8. The molecule has 4 N–H and O–H groups in total. The van der Waals surface area contributed by atoms with Crippen molar-refractivity contribution in [2.45, 2.75) is 43.0 Å². The van der Waals surface area contributed by atoms with E-state index in [1.165, 1.54) is 19.2 Å². The molecule has 8 nitrogen and oxygen atoms in total. The number of alkyl halides is 3. The smallest absolute Gasteiger partial charge is 0.416 e. The second kappa shape index (κ2) is 10.1. The zero-order valence-corrected chi connectivity index (χ0v) is 17.5. The summed E-state index contributed by atoms with van der Waals surface area (Å²) in [5.41, 5.74) is -0.209. The quantitative estimate of drug-likeness (QED) is 0.498. The number of aliphatic hydroxyl groups excluding tert-OH is 4. The van der Waals surface area contributed by atoms with Gasteiger partial charge in [0.15, 0.2) is 12.4 Å². The first-order valence-corrected chi connectivity index (χ1v) is 10.0. The molecule has 1 heterocycles. The van der Waals surface area contributed by atoms with Gasteiger partial charge >= 0.3 is 6.18 Å². The van der Waals surface area contributed by atoms with E-state index < -0.39 is 54.5 Å². The number of aliphatic hydroxyl groups is 4. The van der Waals surface area contributed by atoms with E-state index in [9.17, 15) is 38.4 Å². The van der Waals surface area contributed by atoms with E-state index in [2.05, 4.69) is 0 Å². The van der Waals surface area contributed by atoms with Gasteiger partial charge in [-0.2, -0.15) is 13.2 Å². The Bertz CT molecular complexity index is 926. The Labute approximate surface area is 187 Å². The number of benzene rings is 2. The summed E-state index contributed by atoms with van der Waals surface area (Å²) in [6, 6.07) is 12.7. The van der Waals surface area contributed by atoms with E-state index in [4.69, 9.17) is 9.47 Å². The molecular formula is C22H24F3NO7. The Morgan fingerprint density at radius 3 is 2.18 bits per heavy atom. The molecule has 6 atom stereocenters. The summed E-state index contributed by atoms with van der Waals surface area (Å²) >= 11 is 0. The number of rotatable bonds is 6. The third kappa shape index (κ3) is 5.81. The van der Waals surface area contributed by atoms with Gasteiger partial charge in [0.05, 0.1) is 12.1 Å². The number of hydrogen-bond acceptors (Lipinski definition) is 7. The molecule has 0 aromatic heterocycles. The zero-order chi connectivity index (χ0) is 24.3. The molecule has 2 unspecified atom stereocenters. The molecule has 0 spiro atoms. The molecule has 3 rings (SSSR count). The Kier molecular flexibility index (Phi) is 7.60. The highest BCUT2D eigenvalue weighted by Gasteiger charge is 2.47. The third-order valence-corrected chi connectivity index (χ3v) is 5.28. The minimum Gasteiger partial charge on any atom is -0.484 e. The Morgan fingerprint density at radius 2 is 1.61 bits per heavy atom.